The minimum atomic E-state index is -3.41. The summed E-state index contributed by atoms with van der Waals surface area (Å²) in [5.41, 5.74) is 0.820. The van der Waals surface area contributed by atoms with Crippen molar-refractivity contribution in [2.75, 3.05) is 32.6 Å². The summed E-state index contributed by atoms with van der Waals surface area (Å²) in [6, 6.07) is 7.24. The predicted octanol–water partition coefficient (Wildman–Crippen LogP) is 4.18. The van der Waals surface area contributed by atoms with Crippen LogP contribution in [0.3, 0.4) is 0 Å². The smallest absolute Gasteiger partial charge is 0.331 e. The van der Waals surface area contributed by atoms with Crippen LogP contribution in [-0.4, -0.2) is 53.1 Å². The molecule has 7 nitrogen and oxygen atoms in total. The SMILES string of the molecule is CCCCC(CC)COCC(CNS(=O)(=O)CCC)OC(=O)/C=C/c1ccc(OC)cc1. The fourth-order valence-electron chi connectivity index (χ4n) is 3.04. The Balaban J connectivity index is 2.68. The Morgan fingerprint density at radius 1 is 1.09 bits per heavy atom. The number of nitrogens with one attached hydrogen (secondary N) is 1. The van der Waals surface area contributed by atoms with E-state index in [-0.39, 0.29) is 18.9 Å². The Bertz CT molecular complexity index is 776. The van der Waals surface area contributed by atoms with E-state index in [4.69, 9.17) is 14.2 Å². The first-order valence-electron chi connectivity index (χ1n) is 11.4. The van der Waals surface area contributed by atoms with Crippen molar-refractivity contribution in [1.29, 1.82) is 0 Å². The van der Waals surface area contributed by atoms with E-state index in [1.807, 2.05) is 12.1 Å². The molecule has 32 heavy (non-hydrogen) atoms. The molecule has 0 aliphatic rings. The fraction of sp³-hybridized carbons (Fsp3) is 0.625. The van der Waals surface area contributed by atoms with Crippen molar-refractivity contribution in [3.8, 4) is 5.75 Å². The number of benzene rings is 1. The number of esters is 1. The molecule has 8 heteroatoms. The van der Waals surface area contributed by atoms with Gasteiger partial charge in [0.25, 0.3) is 0 Å². The second-order valence-corrected chi connectivity index (χ2v) is 9.71. The van der Waals surface area contributed by atoms with E-state index in [1.54, 1.807) is 32.2 Å². The van der Waals surface area contributed by atoms with Gasteiger partial charge in [0.1, 0.15) is 11.9 Å². The molecule has 0 aromatic heterocycles. The van der Waals surface area contributed by atoms with Gasteiger partial charge in [0, 0.05) is 19.2 Å². The number of hydrogen-bond donors (Lipinski definition) is 1. The van der Waals surface area contributed by atoms with Gasteiger partial charge in [-0.2, -0.15) is 0 Å². The van der Waals surface area contributed by atoms with E-state index >= 15 is 0 Å². The third-order valence-corrected chi connectivity index (χ3v) is 6.57. The summed E-state index contributed by atoms with van der Waals surface area (Å²) in [5.74, 6) is 0.645. The highest BCUT2D eigenvalue weighted by atomic mass is 32.2. The summed E-state index contributed by atoms with van der Waals surface area (Å²) in [4.78, 5) is 12.3. The number of ether oxygens (including phenoxy) is 3. The van der Waals surface area contributed by atoms with Gasteiger partial charge in [0.15, 0.2) is 0 Å². The molecule has 182 valence electrons. The van der Waals surface area contributed by atoms with Gasteiger partial charge in [0.05, 0.1) is 19.5 Å². The Kier molecular flexibility index (Phi) is 13.9. The Morgan fingerprint density at radius 2 is 1.81 bits per heavy atom. The summed E-state index contributed by atoms with van der Waals surface area (Å²) in [7, 11) is -1.82. The summed E-state index contributed by atoms with van der Waals surface area (Å²) in [6.07, 6.45) is 7.15. The molecule has 0 aliphatic carbocycles. The largest absolute Gasteiger partial charge is 0.497 e. The van der Waals surface area contributed by atoms with E-state index in [0.29, 0.717) is 18.9 Å². The molecule has 0 saturated carbocycles. The molecular formula is C24H39NO6S. The predicted molar refractivity (Wildman–Crippen MR) is 128 cm³/mol. The maximum absolute atomic E-state index is 12.3. The molecule has 0 saturated heterocycles. The van der Waals surface area contributed by atoms with E-state index in [0.717, 1.165) is 37.0 Å². The first-order chi connectivity index (χ1) is 15.3. The molecule has 0 fully saturated rings. The minimum Gasteiger partial charge on any atom is -0.497 e. The van der Waals surface area contributed by atoms with Crippen LogP contribution in [0, 0.1) is 5.92 Å². The summed E-state index contributed by atoms with van der Waals surface area (Å²) in [6.45, 7) is 6.77. The van der Waals surface area contributed by atoms with Crippen molar-refractivity contribution in [2.45, 2.75) is 59.0 Å². The van der Waals surface area contributed by atoms with Crippen LogP contribution in [0.25, 0.3) is 6.08 Å². The van der Waals surface area contributed by atoms with Crippen LogP contribution < -0.4 is 9.46 Å². The lowest BCUT2D eigenvalue weighted by atomic mass is 10.0. The van der Waals surface area contributed by atoms with Crippen LogP contribution in [0.2, 0.25) is 0 Å². The van der Waals surface area contributed by atoms with Crippen LogP contribution in [0.15, 0.2) is 30.3 Å². The monoisotopic (exact) mass is 469 g/mol. The Hall–Kier alpha value is -1.90. The van der Waals surface area contributed by atoms with Gasteiger partial charge >= 0.3 is 5.97 Å². The average molecular weight is 470 g/mol. The second-order valence-electron chi connectivity index (χ2n) is 7.79. The highest BCUT2D eigenvalue weighted by Crippen LogP contribution is 2.14. The van der Waals surface area contributed by atoms with Crippen LogP contribution in [0.5, 0.6) is 5.75 Å². The highest BCUT2D eigenvalue weighted by Gasteiger charge is 2.18. The van der Waals surface area contributed by atoms with Crippen molar-refractivity contribution < 1.29 is 27.4 Å². The Labute approximate surface area is 193 Å². The number of hydrogen-bond acceptors (Lipinski definition) is 6. The third-order valence-electron chi connectivity index (χ3n) is 5.01. The van der Waals surface area contributed by atoms with Crippen molar-refractivity contribution in [1.82, 2.24) is 4.72 Å². The van der Waals surface area contributed by atoms with Crippen LogP contribution >= 0.6 is 0 Å². The van der Waals surface area contributed by atoms with Crippen LogP contribution in [0.1, 0.15) is 58.4 Å². The van der Waals surface area contributed by atoms with Crippen LogP contribution in [-0.2, 0) is 24.3 Å². The molecule has 0 aliphatic heterocycles. The standard InChI is InChI=1S/C24H39NO6S/c1-5-8-9-20(7-3)18-30-19-23(17-25-32(27,28)16-6-2)31-24(26)15-12-21-10-13-22(29-4)14-11-21/h10-15,20,23,25H,5-9,16-19H2,1-4H3/b15-12+. The minimum absolute atomic E-state index is 0.0177. The molecule has 0 bridgehead atoms. The van der Waals surface area contributed by atoms with Crippen molar-refractivity contribution in [2.24, 2.45) is 5.92 Å². The molecule has 2 atom stereocenters. The summed E-state index contributed by atoms with van der Waals surface area (Å²) in [5, 5.41) is 0. The number of carbonyl (C=O) groups is 1. The van der Waals surface area contributed by atoms with E-state index in [2.05, 4.69) is 18.6 Å². The zero-order valence-corrected chi connectivity index (χ0v) is 20.7. The number of methoxy groups -OCH3 is 1. The van der Waals surface area contributed by atoms with E-state index in [9.17, 15) is 13.2 Å². The quantitative estimate of drug-likeness (QED) is 0.272. The number of rotatable bonds is 17. The van der Waals surface area contributed by atoms with Crippen molar-refractivity contribution >= 4 is 22.1 Å². The van der Waals surface area contributed by atoms with E-state index < -0.39 is 22.1 Å². The fourth-order valence-corrected chi connectivity index (χ4v) is 4.16. The first-order valence-corrected chi connectivity index (χ1v) is 13.1. The van der Waals surface area contributed by atoms with Crippen molar-refractivity contribution in [3.63, 3.8) is 0 Å². The topological polar surface area (TPSA) is 90.9 Å². The zero-order valence-electron chi connectivity index (χ0n) is 19.8. The molecule has 0 heterocycles. The number of unbranched alkanes of at least 4 members (excludes halogenated alkanes) is 1. The van der Waals surface area contributed by atoms with Gasteiger partial charge in [-0.3, -0.25) is 0 Å². The molecule has 1 N–H and O–H groups in total. The third kappa shape index (κ3) is 12.2. The Morgan fingerprint density at radius 3 is 2.41 bits per heavy atom. The van der Waals surface area contributed by atoms with Gasteiger partial charge < -0.3 is 14.2 Å². The van der Waals surface area contributed by atoms with Crippen LogP contribution in [0.4, 0.5) is 0 Å². The average Bonchev–Trinajstić information content (AvgIpc) is 2.78. The second kappa shape index (κ2) is 15.8. The molecule has 0 radical (unpaired) electrons. The van der Waals surface area contributed by atoms with E-state index in [1.165, 1.54) is 6.08 Å². The molecule has 1 aromatic carbocycles. The maximum atomic E-state index is 12.3. The lowest BCUT2D eigenvalue weighted by molar-refractivity contribution is -0.145. The molecule has 0 spiro atoms. The molecule has 1 aromatic rings. The normalized spacial score (nSPS) is 13.8. The van der Waals surface area contributed by atoms with Gasteiger partial charge in [-0.1, -0.05) is 52.2 Å². The molecule has 2 unspecified atom stereocenters. The molecular weight excluding hydrogens is 430 g/mol. The maximum Gasteiger partial charge on any atom is 0.331 e. The van der Waals surface area contributed by atoms with Crippen molar-refractivity contribution in [3.05, 3.63) is 35.9 Å². The van der Waals surface area contributed by atoms with Gasteiger partial charge in [-0.15, -0.1) is 0 Å². The lowest BCUT2D eigenvalue weighted by Crippen LogP contribution is -2.38. The number of carbonyl (C=O) groups excluding carboxylic acids is 1. The summed E-state index contributed by atoms with van der Waals surface area (Å²) >= 11 is 0. The molecule has 1 rings (SSSR count). The zero-order chi connectivity index (χ0) is 23.8. The first kappa shape index (κ1) is 28.1. The van der Waals surface area contributed by atoms with Gasteiger partial charge in [-0.25, -0.2) is 17.9 Å². The number of sulfonamides is 1. The van der Waals surface area contributed by atoms with Gasteiger partial charge in [0.2, 0.25) is 10.0 Å². The molecule has 0 amide bonds. The van der Waals surface area contributed by atoms with Gasteiger partial charge in [-0.05, 0) is 42.5 Å². The lowest BCUT2D eigenvalue weighted by Gasteiger charge is -2.20. The highest BCUT2D eigenvalue weighted by molar-refractivity contribution is 7.89. The summed E-state index contributed by atoms with van der Waals surface area (Å²) < 4.78 is 43.0.